The van der Waals surface area contributed by atoms with Gasteiger partial charge in [-0.2, -0.15) is 0 Å². The normalized spacial score (nSPS) is 10.7. The maximum absolute atomic E-state index is 12.0. The summed E-state index contributed by atoms with van der Waals surface area (Å²) in [4.78, 5) is 13.0. The second-order valence-electron chi connectivity index (χ2n) is 4.79. The fourth-order valence-electron chi connectivity index (χ4n) is 2.06. The molecular weight excluding hydrogens is 312 g/mol. The predicted octanol–water partition coefficient (Wildman–Crippen LogP) is 2.15. The average Bonchev–Trinajstić information content (AvgIpc) is 3.02. The van der Waals surface area contributed by atoms with Crippen molar-refractivity contribution in [3.8, 4) is 5.75 Å². The molecule has 6 nitrogen and oxygen atoms in total. The number of nitrogens with one attached hydrogen (secondary N) is 1. The second kappa shape index (κ2) is 7.15. The van der Waals surface area contributed by atoms with E-state index < -0.39 is 0 Å². The number of fused-ring (bicyclic) bond motifs is 1. The Morgan fingerprint density at radius 1 is 1.22 bits per heavy atom. The van der Waals surface area contributed by atoms with Gasteiger partial charge in [0.25, 0.3) is 0 Å². The van der Waals surface area contributed by atoms with Crippen LogP contribution in [0.25, 0.3) is 5.65 Å². The number of ether oxygens (including phenoxy) is 1. The van der Waals surface area contributed by atoms with E-state index in [2.05, 4.69) is 15.5 Å². The summed E-state index contributed by atoms with van der Waals surface area (Å²) in [7, 11) is 1.63. The first-order valence-corrected chi connectivity index (χ1v) is 8.07. The van der Waals surface area contributed by atoms with Gasteiger partial charge in [-0.25, -0.2) is 0 Å². The Labute approximate surface area is 137 Å². The number of pyridine rings is 1. The van der Waals surface area contributed by atoms with Crippen molar-refractivity contribution in [3.63, 3.8) is 0 Å². The molecule has 7 heteroatoms. The first kappa shape index (κ1) is 15.4. The molecule has 0 aliphatic rings. The van der Waals surface area contributed by atoms with Crippen LogP contribution in [0.2, 0.25) is 0 Å². The monoisotopic (exact) mass is 328 g/mol. The third kappa shape index (κ3) is 3.81. The van der Waals surface area contributed by atoms with Crippen LogP contribution in [0, 0.1) is 0 Å². The summed E-state index contributed by atoms with van der Waals surface area (Å²) in [5.74, 6) is 1.82. The summed E-state index contributed by atoms with van der Waals surface area (Å²) in [6, 6.07) is 13.3. The maximum atomic E-state index is 12.0. The third-order valence-electron chi connectivity index (χ3n) is 3.26. The van der Waals surface area contributed by atoms with E-state index in [-0.39, 0.29) is 5.91 Å². The molecule has 1 amide bonds. The van der Waals surface area contributed by atoms with Crippen molar-refractivity contribution >= 4 is 23.3 Å². The SMILES string of the molecule is COc1ccc(SCC(=O)NCc2nnc3ccccn23)cc1. The van der Waals surface area contributed by atoms with Crippen molar-refractivity contribution in [1.82, 2.24) is 19.9 Å². The zero-order chi connectivity index (χ0) is 16.1. The van der Waals surface area contributed by atoms with E-state index in [1.165, 1.54) is 11.8 Å². The van der Waals surface area contributed by atoms with Gasteiger partial charge in [0.2, 0.25) is 5.91 Å². The van der Waals surface area contributed by atoms with Gasteiger partial charge in [0.15, 0.2) is 11.5 Å². The molecule has 0 radical (unpaired) electrons. The van der Waals surface area contributed by atoms with Crippen LogP contribution in [0.4, 0.5) is 0 Å². The van der Waals surface area contributed by atoms with Gasteiger partial charge < -0.3 is 10.1 Å². The number of benzene rings is 1. The molecule has 0 unspecified atom stereocenters. The van der Waals surface area contributed by atoms with Crippen LogP contribution >= 0.6 is 11.8 Å². The lowest BCUT2D eigenvalue weighted by Gasteiger charge is -2.05. The molecule has 0 spiro atoms. The van der Waals surface area contributed by atoms with Crippen LogP contribution in [-0.4, -0.2) is 33.4 Å². The zero-order valence-electron chi connectivity index (χ0n) is 12.6. The number of rotatable bonds is 6. The van der Waals surface area contributed by atoms with Crippen LogP contribution in [0.1, 0.15) is 5.82 Å². The van der Waals surface area contributed by atoms with E-state index in [9.17, 15) is 4.79 Å². The molecule has 2 aromatic heterocycles. The summed E-state index contributed by atoms with van der Waals surface area (Å²) in [6.07, 6.45) is 1.88. The first-order chi connectivity index (χ1) is 11.3. The number of carbonyl (C=O) groups excluding carboxylic acids is 1. The molecule has 0 saturated carbocycles. The number of carbonyl (C=O) groups is 1. The highest BCUT2D eigenvalue weighted by Crippen LogP contribution is 2.20. The van der Waals surface area contributed by atoms with Gasteiger partial charge in [0, 0.05) is 11.1 Å². The Kier molecular flexibility index (Phi) is 4.77. The maximum Gasteiger partial charge on any atom is 0.230 e. The lowest BCUT2D eigenvalue weighted by atomic mass is 10.3. The average molecular weight is 328 g/mol. The standard InChI is InChI=1S/C16H16N4O2S/c1-22-12-5-7-13(8-6-12)23-11-16(21)17-10-15-19-18-14-4-2-3-9-20(14)15/h2-9H,10-11H2,1H3,(H,17,21). The highest BCUT2D eigenvalue weighted by molar-refractivity contribution is 8.00. The first-order valence-electron chi connectivity index (χ1n) is 7.08. The van der Waals surface area contributed by atoms with Crippen molar-refractivity contribution in [2.75, 3.05) is 12.9 Å². The van der Waals surface area contributed by atoms with E-state index in [0.29, 0.717) is 18.1 Å². The molecule has 118 valence electrons. The van der Waals surface area contributed by atoms with Crippen molar-refractivity contribution in [2.24, 2.45) is 0 Å². The van der Waals surface area contributed by atoms with Crippen LogP contribution in [0.3, 0.4) is 0 Å². The third-order valence-corrected chi connectivity index (χ3v) is 4.27. The minimum absolute atomic E-state index is 0.0431. The van der Waals surface area contributed by atoms with Crippen LogP contribution in [-0.2, 0) is 11.3 Å². The fraction of sp³-hybridized carbons (Fsp3) is 0.188. The van der Waals surface area contributed by atoms with E-state index in [1.807, 2.05) is 53.1 Å². The molecule has 0 aliphatic heterocycles. The second-order valence-corrected chi connectivity index (χ2v) is 5.83. The smallest absolute Gasteiger partial charge is 0.230 e. The summed E-state index contributed by atoms with van der Waals surface area (Å²) in [5.41, 5.74) is 0.768. The minimum Gasteiger partial charge on any atom is -0.497 e. The lowest BCUT2D eigenvalue weighted by molar-refractivity contribution is -0.118. The highest BCUT2D eigenvalue weighted by Gasteiger charge is 2.07. The van der Waals surface area contributed by atoms with Crippen molar-refractivity contribution < 1.29 is 9.53 Å². The fourth-order valence-corrected chi connectivity index (χ4v) is 2.79. The number of hydrogen-bond donors (Lipinski definition) is 1. The van der Waals surface area contributed by atoms with E-state index in [1.54, 1.807) is 7.11 Å². The molecule has 0 fully saturated rings. The number of aromatic nitrogens is 3. The van der Waals surface area contributed by atoms with Gasteiger partial charge in [-0.1, -0.05) is 6.07 Å². The molecule has 1 N–H and O–H groups in total. The Balaban J connectivity index is 1.51. The Morgan fingerprint density at radius 2 is 2.04 bits per heavy atom. The van der Waals surface area contributed by atoms with Crippen molar-refractivity contribution in [2.45, 2.75) is 11.4 Å². The number of hydrogen-bond acceptors (Lipinski definition) is 5. The highest BCUT2D eigenvalue weighted by atomic mass is 32.2. The Hall–Kier alpha value is -2.54. The molecule has 0 aliphatic carbocycles. The number of amides is 1. The van der Waals surface area contributed by atoms with Gasteiger partial charge in [-0.3, -0.25) is 9.20 Å². The molecule has 2 heterocycles. The molecule has 1 aromatic carbocycles. The van der Waals surface area contributed by atoms with Gasteiger partial charge in [-0.15, -0.1) is 22.0 Å². The van der Waals surface area contributed by atoms with E-state index >= 15 is 0 Å². The number of thioether (sulfide) groups is 1. The minimum atomic E-state index is -0.0431. The zero-order valence-corrected chi connectivity index (χ0v) is 13.4. The van der Waals surface area contributed by atoms with Crippen LogP contribution in [0.15, 0.2) is 53.6 Å². The summed E-state index contributed by atoms with van der Waals surface area (Å²) in [5, 5.41) is 11.0. The van der Waals surface area contributed by atoms with Gasteiger partial charge >= 0.3 is 0 Å². The van der Waals surface area contributed by atoms with Crippen molar-refractivity contribution in [1.29, 1.82) is 0 Å². The molecule has 23 heavy (non-hydrogen) atoms. The Bertz CT molecular complexity index is 801. The molecule has 3 rings (SSSR count). The molecular formula is C16H16N4O2S. The summed E-state index contributed by atoms with van der Waals surface area (Å²) >= 11 is 1.48. The largest absolute Gasteiger partial charge is 0.497 e. The molecule has 3 aromatic rings. The number of methoxy groups -OCH3 is 1. The van der Waals surface area contributed by atoms with Gasteiger partial charge in [0.05, 0.1) is 19.4 Å². The predicted molar refractivity (Wildman–Crippen MR) is 88.6 cm³/mol. The van der Waals surface area contributed by atoms with Crippen molar-refractivity contribution in [3.05, 3.63) is 54.5 Å². The molecule has 0 saturated heterocycles. The van der Waals surface area contributed by atoms with E-state index in [0.717, 1.165) is 16.3 Å². The van der Waals surface area contributed by atoms with Gasteiger partial charge in [-0.05, 0) is 36.4 Å². The summed E-state index contributed by atoms with van der Waals surface area (Å²) in [6.45, 7) is 0.354. The van der Waals surface area contributed by atoms with Gasteiger partial charge in [0.1, 0.15) is 5.75 Å². The molecule has 0 bridgehead atoms. The topological polar surface area (TPSA) is 68.5 Å². The quantitative estimate of drug-likeness (QED) is 0.702. The Morgan fingerprint density at radius 3 is 2.83 bits per heavy atom. The summed E-state index contributed by atoms with van der Waals surface area (Å²) < 4.78 is 6.96. The van der Waals surface area contributed by atoms with E-state index in [4.69, 9.17) is 4.74 Å². The number of nitrogens with zero attached hydrogens (tertiary/aromatic N) is 3. The lowest BCUT2D eigenvalue weighted by Crippen LogP contribution is -2.25. The van der Waals surface area contributed by atoms with Crippen LogP contribution in [0.5, 0.6) is 5.75 Å². The van der Waals surface area contributed by atoms with Crippen LogP contribution < -0.4 is 10.1 Å². The molecule has 0 atom stereocenters.